The third kappa shape index (κ3) is 5.24. The zero-order valence-corrected chi connectivity index (χ0v) is 14.4. The van der Waals surface area contributed by atoms with E-state index in [9.17, 15) is 0 Å². The van der Waals surface area contributed by atoms with Crippen molar-refractivity contribution in [3.05, 3.63) is 11.1 Å². The monoisotopic (exact) mass is 311 g/mol. The van der Waals surface area contributed by atoms with Crippen LogP contribution in [0.4, 0.5) is 5.13 Å². The van der Waals surface area contributed by atoms with E-state index in [2.05, 4.69) is 29.4 Å². The van der Waals surface area contributed by atoms with Gasteiger partial charge in [0.25, 0.3) is 0 Å². The van der Waals surface area contributed by atoms with Crippen LogP contribution in [0.25, 0.3) is 0 Å². The van der Waals surface area contributed by atoms with Crippen molar-refractivity contribution in [1.29, 1.82) is 0 Å². The molecular formula is C16H29N3OS. The van der Waals surface area contributed by atoms with Gasteiger partial charge in [-0.1, -0.05) is 26.7 Å². The van der Waals surface area contributed by atoms with E-state index < -0.39 is 0 Å². The van der Waals surface area contributed by atoms with Crippen LogP contribution in [-0.4, -0.2) is 37.8 Å². The summed E-state index contributed by atoms with van der Waals surface area (Å²) < 4.78 is 5.05. The van der Waals surface area contributed by atoms with Crippen LogP contribution in [0.3, 0.4) is 0 Å². The average molecular weight is 311 g/mol. The minimum atomic E-state index is 0.678. The van der Waals surface area contributed by atoms with Crippen LogP contribution in [0.5, 0.6) is 0 Å². The summed E-state index contributed by atoms with van der Waals surface area (Å²) in [6.45, 7) is 8.17. The van der Waals surface area contributed by atoms with E-state index in [1.807, 2.05) is 0 Å². The van der Waals surface area contributed by atoms with Crippen molar-refractivity contribution in [2.24, 2.45) is 5.92 Å². The molecule has 1 saturated carbocycles. The Kier molecular flexibility index (Phi) is 6.93. The van der Waals surface area contributed by atoms with Gasteiger partial charge in [0, 0.05) is 38.2 Å². The maximum Gasteiger partial charge on any atom is 0.185 e. The highest BCUT2D eigenvalue weighted by molar-refractivity contribution is 7.13. The van der Waals surface area contributed by atoms with Crippen LogP contribution in [0, 0.1) is 5.92 Å². The molecule has 1 aromatic heterocycles. The third-order valence-electron chi connectivity index (χ3n) is 3.90. The summed E-state index contributed by atoms with van der Waals surface area (Å²) in [6, 6.07) is 0.702. The van der Waals surface area contributed by atoms with Gasteiger partial charge in [-0.25, -0.2) is 4.98 Å². The Morgan fingerprint density at radius 2 is 2.19 bits per heavy atom. The Bertz CT molecular complexity index is 402. The van der Waals surface area contributed by atoms with Gasteiger partial charge >= 0.3 is 0 Å². The highest BCUT2D eigenvalue weighted by Crippen LogP contribution is 2.31. The fourth-order valence-corrected chi connectivity index (χ4v) is 3.80. The molecule has 2 rings (SSSR count). The fourth-order valence-electron chi connectivity index (χ4n) is 2.89. The summed E-state index contributed by atoms with van der Waals surface area (Å²) in [4.78, 5) is 7.40. The summed E-state index contributed by atoms with van der Waals surface area (Å²) >= 11 is 1.79. The molecule has 1 fully saturated rings. The molecule has 5 heteroatoms. The minimum absolute atomic E-state index is 0.678. The molecule has 1 N–H and O–H groups in total. The molecule has 1 aliphatic rings. The number of aromatic nitrogens is 1. The zero-order chi connectivity index (χ0) is 15.1. The van der Waals surface area contributed by atoms with Crippen LogP contribution >= 0.6 is 11.3 Å². The second-order valence-corrected chi connectivity index (χ2v) is 7.11. The van der Waals surface area contributed by atoms with Crippen LogP contribution in [0.2, 0.25) is 0 Å². The average Bonchev–Trinajstić information content (AvgIpc) is 3.12. The molecule has 4 nitrogen and oxygen atoms in total. The lowest BCUT2D eigenvalue weighted by Gasteiger charge is -2.30. The molecule has 1 heterocycles. The van der Waals surface area contributed by atoms with Crippen molar-refractivity contribution in [2.45, 2.75) is 52.1 Å². The van der Waals surface area contributed by atoms with Gasteiger partial charge in [0.1, 0.15) is 0 Å². The number of thiazole rings is 1. The van der Waals surface area contributed by atoms with Gasteiger partial charge in [-0.15, -0.1) is 11.3 Å². The largest absolute Gasteiger partial charge is 0.383 e. The van der Waals surface area contributed by atoms with E-state index in [1.165, 1.54) is 30.8 Å². The molecule has 1 aromatic rings. The first kappa shape index (κ1) is 16.7. The van der Waals surface area contributed by atoms with E-state index in [0.717, 1.165) is 31.9 Å². The molecule has 0 unspecified atom stereocenters. The Labute approximate surface area is 132 Å². The maximum absolute atomic E-state index is 5.05. The lowest BCUT2D eigenvalue weighted by molar-refractivity contribution is 0.199. The summed E-state index contributed by atoms with van der Waals surface area (Å²) in [5, 5.41) is 6.77. The van der Waals surface area contributed by atoms with Crippen LogP contribution in [-0.2, 0) is 11.3 Å². The van der Waals surface area contributed by atoms with Crippen molar-refractivity contribution in [3.63, 3.8) is 0 Å². The lowest BCUT2D eigenvalue weighted by Crippen LogP contribution is -2.36. The second kappa shape index (κ2) is 8.71. The van der Waals surface area contributed by atoms with Crippen molar-refractivity contribution in [3.8, 4) is 0 Å². The number of ether oxygens (including phenoxy) is 1. The van der Waals surface area contributed by atoms with Gasteiger partial charge in [0.2, 0.25) is 0 Å². The molecule has 0 bridgehead atoms. The molecule has 1 aliphatic carbocycles. The number of hydrogen-bond acceptors (Lipinski definition) is 5. The standard InChI is InChI=1S/C16H29N3OS/c1-13(2)11-19(15-6-4-5-7-15)16-18-14(12-21-16)10-17-8-9-20-3/h12-13,15,17H,4-11H2,1-3H3. The van der Waals surface area contributed by atoms with Gasteiger partial charge in [0.05, 0.1) is 12.3 Å². The first-order valence-electron chi connectivity index (χ1n) is 8.11. The molecule has 120 valence electrons. The number of nitrogens with one attached hydrogen (secondary N) is 1. The van der Waals surface area contributed by atoms with Crippen molar-refractivity contribution in [1.82, 2.24) is 10.3 Å². The molecule has 0 saturated heterocycles. The van der Waals surface area contributed by atoms with Crippen LogP contribution in [0.1, 0.15) is 45.2 Å². The Balaban J connectivity index is 1.94. The third-order valence-corrected chi connectivity index (χ3v) is 4.83. The van der Waals surface area contributed by atoms with Gasteiger partial charge in [-0.3, -0.25) is 0 Å². The number of anilines is 1. The molecule has 0 aliphatic heterocycles. The molecule has 21 heavy (non-hydrogen) atoms. The van der Waals surface area contributed by atoms with Gasteiger partial charge in [0.15, 0.2) is 5.13 Å². The lowest BCUT2D eigenvalue weighted by atomic mass is 10.1. The number of methoxy groups -OCH3 is 1. The van der Waals surface area contributed by atoms with Gasteiger partial charge < -0.3 is 15.0 Å². The van der Waals surface area contributed by atoms with Gasteiger partial charge in [-0.2, -0.15) is 0 Å². The maximum atomic E-state index is 5.05. The molecule has 0 atom stereocenters. The zero-order valence-electron chi connectivity index (χ0n) is 13.6. The van der Waals surface area contributed by atoms with Gasteiger partial charge in [-0.05, 0) is 18.8 Å². The number of rotatable bonds is 9. The first-order valence-corrected chi connectivity index (χ1v) is 8.99. The Morgan fingerprint density at radius 1 is 1.43 bits per heavy atom. The Morgan fingerprint density at radius 3 is 2.86 bits per heavy atom. The van der Waals surface area contributed by atoms with E-state index in [-0.39, 0.29) is 0 Å². The number of hydrogen-bond donors (Lipinski definition) is 1. The van der Waals surface area contributed by atoms with Crippen molar-refractivity contribution in [2.75, 3.05) is 31.7 Å². The molecule has 0 radical (unpaired) electrons. The van der Waals surface area contributed by atoms with Crippen molar-refractivity contribution >= 4 is 16.5 Å². The highest BCUT2D eigenvalue weighted by atomic mass is 32.1. The molecule has 0 spiro atoms. The summed E-state index contributed by atoms with van der Waals surface area (Å²) in [5.41, 5.74) is 1.15. The normalized spacial score (nSPS) is 16.0. The predicted molar refractivity (Wildman–Crippen MR) is 90.1 cm³/mol. The molecule has 0 amide bonds. The summed E-state index contributed by atoms with van der Waals surface area (Å²) in [7, 11) is 1.73. The van der Waals surface area contributed by atoms with E-state index in [4.69, 9.17) is 9.72 Å². The van der Waals surface area contributed by atoms with E-state index in [0.29, 0.717) is 12.0 Å². The number of nitrogens with zero attached hydrogens (tertiary/aromatic N) is 2. The second-order valence-electron chi connectivity index (χ2n) is 6.28. The fraction of sp³-hybridized carbons (Fsp3) is 0.812. The SMILES string of the molecule is COCCNCc1csc(N(CC(C)C)C2CCCC2)n1. The smallest absolute Gasteiger partial charge is 0.185 e. The van der Waals surface area contributed by atoms with Crippen LogP contribution in [0.15, 0.2) is 5.38 Å². The summed E-state index contributed by atoms with van der Waals surface area (Å²) in [5.74, 6) is 0.678. The predicted octanol–water partition coefficient (Wildman–Crippen LogP) is 3.28. The van der Waals surface area contributed by atoms with E-state index >= 15 is 0 Å². The summed E-state index contributed by atoms with van der Waals surface area (Å²) in [6.07, 6.45) is 5.40. The highest BCUT2D eigenvalue weighted by Gasteiger charge is 2.25. The van der Waals surface area contributed by atoms with E-state index in [1.54, 1.807) is 18.4 Å². The molecular weight excluding hydrogens is 282 g/mol. The first-order chi connectivity index (χ1) is 10.2. The quantitative estimate of drug-likeness (QED) is 0.710. The minimum Gasteiger partial charge on any atom is -0.383 e. The van der Waals surface area contributed by atoms with Crippen LogP contribution < -0.4 is 10.2 Å². The Hall–Kier alpha value is -0.650. The molecule has 0 aromatic carbocycles. The van der Waals surface area contributed by atoms with Crippen molar-refractivity contribution < 1.29 is 4.74 Å². The topological polar surface area (TPSA) is 37.4 Å².